The van der Waals surface area contributed by atoms with E-state index in [9.17, 15) is 9.90 Å². The van der Waals surface area contributed by atoms with Gasteiger partial charge in [-0.25, -0.2) is 0 Å². The van der Waals surface area contributed by atoms with E-state index in [-0.39, 0.29) is 0 Å². The van der Waals surface area contributed by atoms with E-state index in [0.717, 1.165) is 0 Å². The Morgan fingerprint density at radius 2 is 1.80 bits per heavy atom. The maximum atomic E-state index is 10.8. The van der Waals surface area contributed by atoms with Crippen LogP contribution >= 0.6 is 0 Å². The maximum Gasteiger partial charge on any atom is 0.320 e. The van der Waals surface area contributed by atoms with Crippen LogP contribution < -0.4 is 14.8 Å². The first-order valence-corrected chi connectivity index (χ1v) is 6.29. The Balaban J connectivity index is 2.86. The van der Waals surface area contributed by atoms with Crippen molar-refractivity contribution in [2.75, 3.05) is 14.2 Å². The number of carbonyl (C=O) groups is 1. The first kappa shape index (κ1) is 16.3. The second kappa shape index (κ2) is 7.12. The van der Waals surface area contributed by atoms with Gasteiger partial charge in [-0.3, -0.25) is 10.1 Å². The van der Waals surface area contributed by atoms with Crippen LogP contribution in [0.5, 0.6) is 11.5 Å². The molecule has 6 nitrogen and oxygen atoms in total. The quantitative estimate of drug-likeness (QED) is 0.696. The van der Waals surface area contributed by atoms with E-state index in [1.54, 1.807) is 25.1 Å². The Bertz CT molecular complexity index is 463. The summed E-state index contributed by atoms with van der Waals surface area (Å²) in [5, 5.41) is 21.9. The molecule has 20 heavy (non-hydrogen) atoms. The molecule has 0 fully saturated rings. The van der Waals surface area contributed by atoms with Gasteiger partial charge in [-0.15, -0.1) is 0 Å². The fourth-order valence-electron chi connectivity index (χ4n) is 1.88. The SMILES string of the molecule is COc1ccc(C(O)C(C)NC(C)C(=O)O)cc1OC. The summed E-state index contributed by atoms with van der Waals surface area (Å²) < 4.78 is 10.3. The molecule has 112 valence electrons. The van der Waals surface area contributed by atoms with Gasteiger partial charge in [0.25, 0.3) is 0 Å². The monoisotopic (exact) mass is 283 g/mol. The number of benzene rings is 1. The fraction of sp³-hybridized carbons (Fsp3) is 0.500. The number of carboxylic acids is 1. The van der Waals surface area contributed by atoms with E-state index in [2.05, 4.69) is 5.32 Å². The van der Waals surface area contributed by atoms with Gasteiger partial charge < -0.3 is 19.7 Å². The molecule has 0 aromatic heterocycles. The van der Waals surface area contributed by atoms with Gasteiger partial charge >= 0.3 is 5.97 Å². The molecule has 3 atom stereocenters. The number of methoxy groups -OCH3 is 2. The summed E-state index contributed by atoms with van der Waals surface area (Å²) in [6.45, 7) is 3.25. The lowest BCUT2D eigenvalue weighted by molar-refractivity contribution is -0.139. The molecule has 1 rings (SSSR count). The highest BCUT2D eigenvalue weighted by molar-refractivity contribution is 5.72. The Kier molecular flexibility index (Phi) is 5.79. The second-order valence-electron chi connectivity index (χ2n) is 4.57. The van der Waals surface area contributed by atoms with Gasteiger partial charge in [-0.05, 0) is 31.5 Å². The third-order valence-electron chi connectivity index (χ3n) is 3.11. The highest BCUT2D eigenvalue weighted by Crippen LogP contribution is 2.30. The summed E-state index contributed by atoms with van der Waals surface area (Å²) in [6.07, 6.45) is -0.850. The van der Waals surface area contributed by atoms with Crippen molar-refractivity contribution in [1.82, 2.24) is 5.32 Å². The minimum absolute atomic E-state index is 0.417. The zero-order valence-corrected chi connectivity index (χ0v) is 12.1. The molecule has 0 aliphatic carbocycles. The van der Waals surface area contributed by atoms with E-state index in [4.69, 9.17) is 14.6 Å². The van der Waals surface area contributed by atoms with Crippen molar-refractivity contribution in [1.29, 1.82) is 0 Å². The largest absolute Gasteiger partial charge is 0.493 e. The molecule has 0 radical (unpaired) electrons. The average Bonchev–Trinajstić information content (AvgIpc) is 2.45. The van der Waals surface area contributed by atoms with Crippen molar-refractivity contribution in [3.63, 3.8) is 0 Å². The first-order valence-electron chi connectivity index (χ1n) is 6.29. The van der Waals surface area contributed by atoms with Crippen LogP contribution in [-0.2, 0) is 4.79 Å². The molecule has 0 saturated carbocycles. The summed E-state index contributed by atoms with van der Waals surface area (Å²) in [5.74, 6) is 0.127. The summed E-state index contributed by atoms with van der Waals surface area (Å²) in [4.78, 5) is 10.8. The Labute approximate surface area is 118 Å². The summed E-state index contributed by atoms with van der Waals surface area (Å²) in [5.41, 5.74) is 0.625. The number of hydrogen-bond acceptors (Lipinski definition) is 5. The van der Waals surface area contributed by atoms with Crippen molar-refractivity contribution < 1.29 is 24.5 Å². The predicted octanol–water partition coefficient (Wildman–Crippen LogP) is 1.19. The maximum absolute atomic E-state index is 10.8. The van der Waals surface area contributed by atoms with Crippen LogP contribution in [0.2, 0.25) is 0 Å². The Morgan fingerprint density at radius 1 is 1.20 bits per heavy atom. The average molecular weight is 283 g/mol. The Hall–Kier alpha value is -1.79. The molecule has 0 amide bonds. The van der Waals surface area contributed by atoms with Gasteiger partial charge in [0.05, 0.1) is 20.3 Å². The number of rotatable bonds is 7. The van der Waals surface area contributed by atoms with Crippen molar-refractivity contribution in [2.45, 2.75) is 32.0 Å². The standard InChI is InChI=1S/C14H21NO5/c1-8(15-9(2)14(17)18)13(16)10-5-6-11(19-3)12(7-10)20-4/h5-9,13,15-16H,1-4H3,(H,17,18). The minimum Gasteiger partial charge on any atom is -0.493 e. The molecule has 3 N–H and O–H groups in total. The number of hydrogen-bond donors (Lipinski definition) is 3. The number of carboxylic acid groups (broad SMARTS) is 1. The molecule has 0 spiro atoms. The third-order valence-corrected chi connectivity index (χ3v) is 3.11. The smallest absolute Gasteiger partial charge is 0.320 e. The van der Waals surface area contributed by atoms with E-state index < -0.39 is 24.2 Å². The lowest BCUT2D eigenvalue weighted by atomic mass is 10.0. The summed E-state index contributed by atoms with van der Waals surface area (Å²) >= 11 is 0. The highest BCUT2D eigenvalue weighted by Gasteiger charge is 2.22. The normalized spacial score (nSPS) is 15.2. The van der Waals surface area contributed by atoms with Crippen molar-refractivity contribution in [3.05, 3.63) is 23.8 Å². The predicted molar refractivity (Wildman–Crippen MR) is 74.2 cm³/mol. The van der Waals surface area contributed by atoms with E-state index in [1.165, 1.54) is 21.1 Å². The zero-order valence-electron chi connectivity index (χ0n) is 12.1. The molecule has 1 aromatic rings. The second-order valence-corrected chi connectivity index (χ2v) is 4.57. The zero-order chi connectivity index (χ0) is 15.3. The van der Waals surface area contributed by atoms with Gasteiger partial charge in [0.1, 0.15) is 6.04 Å². The van der Waals surface area contributed by atoms with Gasteiger partial charge in [0.2, 0.25) is 0 Å². The molecule has 0 bridgehead atoms. The van der Waals surface area contributed by atoms with Gasteiger partial charge in [-0.2, -0.15) is 0 Å². The summed E-state index contributed by atoms with van der Waals surface area (Å²) in [7, 11) is 3.05. The molecule has 1 aromatic carbocycles. The number of aliphatic carboxylic acids is 1. The van der Waals surface area contributed by atoms with Crippen molar-refractivity contribution in [3.8, 4) is 11.5 Å². The summed E-state index contributed by atoms with van der Waals surface area (Å²) in [6, 6.07) is 3.94. The van der Waals surface area contributed by atoms with E-state index in [1.807, 2.05) is 0 Å². The van der Waals surface area contributed by atoms with Gasteiger partial charge in [0, 0.05) is 6.04 Å². The molecule has 0 saturated heterocycles. The topological polar surface area (TPSA) is 88.0 Å². The van der Waals surface area contributed by atoms with Crippen molar-refractivity contribution >= 4 is 5.97 Å². The lowest BCUT2D eigenvalue weighted by Gasteiger charge is -2.23. The molecule has 6 heteroatoms. The van der Waals surface area contributed by atoms with Gasteiger partial charge in [-0.1, -0.05) is 6.07 Å². The van der Waals surface area contributed by atoms with E-state index in [0.29, 0.717) is 17.1 Å². The Morgan fingerprint density at radius 3 is 2.30 bits per heavy atom. The first-order chi connectivity index (χ1) is 9.40. The molecule has 0 heterocycles. The van der Waals surface area contributed by atoms with Crippen LogP contribution in [0.15, 0.2) is 18.2 Å². The molecular weight excluding hydrogens is 262 g/mol. The molecule has 3 unspecified atom stereocenters. The number of aliphatic hydroxyl groups excluding tert-OH is 1. The van der Waals surface area contributed by atoms with Crippen LogP contribution in [0.1, 0.15) is 25.5 Å². The minimum atomic E-state index is -0.962. The van der Waals surface area contributed by atoms with Crippen molar-refractivity contribution in [2.24, 2.45) is 0 Å². The van der Waals surface area contributed by atoms with Crippen LogP contribution in [0.4, 0.5) is 0 Å². The number of ether oxygens (including phenoxy) is 2. The molecule has 0 aliphatic rings. The molecular formula is C14H21NO5. The van der Waals surface area contributed by atoms with Crippen LogP contribution in [-0.4, -0.2) is 42.5 Å². The van der Waals surface area contributed by atoms with Crippen LogP contribution in [0.3, 0.4) is 0 Å². The molecule has 0 aliphatic heterocycles. The van der Waals surface area contributed by atoms with E-state index >= 15 is 0 Å². The fourth-order valence-corrected chi connectivity index (χ4v) is 1.88. The highest BCUT2D eigenvalue weighted by atomic mass is 16.5. The van der Waals surface area contributed by atoms with Crippen LogP contribution in [0.25, 0.3) is 0 Å². The number of nitrogens with one attached hydrogen (secondary N) is 1. The van der Waals surface area contributed by atoms with Crippen LogP contribution in [0, 0.1) is 0 Å². The van der Waals surface area contributed by atoms with Gasteiger partial charge in [0.15, 0.2) is 11.5 Å². The lowest BCUT2D eigenvalue weighted by Crippen LogP contribution is -2.42. The number of aliphatic hydroxyl groups is 1. The third kappa shape index (κ3) is 3.85.